The summed E-state index contributed by atoms with van der Waals surface area (Å²) in [6.45, 7) is 3.10. The van der Waals surface area contributed by atoms with Crippen LogP contribution in [0.4, 0.5) is 11.4 Å². The van der Waals surface area contributed by atoms with E-state index < -0.39 is 4.92 Å². The minimum Gasteiger partial charge on any atom is -0.321 e. The molecule has 0 spiro atoms. The Balaban J connectivity index is 2.43. The smallest absolute Gasteiger partial charge is 0.293 e. The summed E-state index contributed by atoms with van der Waals surface area (Å²) in [5.41, 5.74) is 3.40. The zero-order valence-electron chi connectivity index (χ0n) is 11.5. The number of hydrogen-bond acceptors (Lipinski definition) is 5. The van der Waals surface area contributed by atoms with Gasteiger partial charge in [0.25, 0.3) is 5.69 Å². The molecule has 21 heavy (non-hydrogen) atoms. The highest BCUT2D eigenvalue weighted by Gasteiger charge is 2.24. The van der Waals surface area contributed by atoms with Crippen LogP contribution < -0.4 is 10.7 Å². The average Bonchev–Trinajstić information content (AvgIpc) is 2.38. The van der Waals surface area contributed by atoms with E-state index in [2.05, 4.69) is 15.8 Å². The van der Waals surface area contributed by atoms with Gasteiger partial charge in [-0.05, 0) is 6.07 Å². The Labute approximate surface area is 120 Å². The lowest BCUT2D eigenvalue weighted by molar-refractivity contribution is -0.383. The number of hydrazone groups is 1. The summed E-state index contributed by atoms with van der Waals surface area (Å²) in [6, 6.07) is 4.43. The number of anilines is 1. The quantitative estimate of drug-likeness (QED) is 0.647. The van der Waals surface area contributed by atoms with Gasteiger partial charge in [-0.15, -0.1) is 0 Å². The number of benzene rings is 1. The van der Waals surface area contributed by atoms with E-state index in [9.17, 15) is 19.7 Å². The normalized spacial score (nSPS) is 17.7. The second kappa shape index (κ2) is 5.70. The van der Waals surface area contributed by atoms with Gasteiger partial charge in [0.1, 0.15) is 5.69 Å². The first-order valence-corrected chi connectivity index (χ1v) is 6.31. The molecule has 1 atom stereocenters. The third-order valence-corrected chi connectivity index (χ3v) is 3.06. The number of rotatable bonds is 3. The molecule has 110 valence electrons. The molecule has 0 bridgehead atoms. The fourth-order valence-electron chi connectivity index (χ4n) is 2.14. The lowest BCUT2D eigenvalue weighted by Crippen LogP contribution is -2.32. The van der Waals surface area contributed by atoms with Crippen molar-refractivity contribution in [2.75, 3.05) is 5.32 Å². The maximum atomic E-state index is 11.2. The van der Waals surface area contributed by atoms with E-state index in [1.807, 2.05) is 6.92 Å². The molecule has 1 aliphatic heterocycles. The number of carbonyl (C=O) groups is 2. The first-order valence-electron chi connectivity index (χ1n) is 6.31. The van der Waals surface area contributed by atoms with Crippen molar-refractivity contribution in [1.29, 1.82) is 0 Å². The highest BCUT2D eigenvalue weighted by molar-refractivity contribution is 6.06. The molecule has 2 rings (SSSR count). The van der Waals surface area contributed by atoms with Gasteiger partial charge in [-0.3, -0.25) is 19.7 Å². The van der Waals surface area contributed by atoms with Crippen molar-refractivity contribution in [2.45, 2.75) is 20.3 Å². The van der Waals surface area contributed by atoms with E-state index >= 15 is 0 Å². The van der Waals surface area contributed by atoms with Crippen LogP contribution in [-0.4, -0.2) is 22.4 Å². The number of nitrogens with one attached hydrogen (secondary N) is 2. The van der Waals surface area contributed by atoms with Crippen molar-refractivity contribution in [3.8, 4) is 0 Å². The van der Waals surface area contributed by atoms with Crippen LogP contribution in [0.3, 0.4) is 0 Å². The Kier molecular flexibility index (Phi) is 3.97. The predicted molar refractivity (Wildman–Crippen MR) is 75.9 cm³/mol. The first kappa shape index (κ1) is 14.6. The Hall–Kier alpha value is -2.77. The van der Waals surface area contributed by atoms with Crippen LogP contribution in [-0.2, 0) is 9.59 Å². The molecule has 1 aromatic carbocycles. The summed E-state index contributed by atoms with van der Waals surface area (Å²) >= 11 is 0. The third-order valence-electron chi connectivity index (χ3n) is 3.06. The van der Waals surface area contributed by atoms with Crippen LogP contribution in [0.2, 0.25) is 0 Å². The molecule has 2 amide bonds. The summed E-state index contributed by atoms with van der Waals surface area (Å²) in [4.78, 5) is 32.8. The molecule has 1 unspecified atom stereocenters. The molecule has 0 aliphatic carbocycles. The van der Waals surface area contributed by atoms with Gasteiger partial charge >= 0.3 is 0 Å². The summed E-state index contributed by atoms with van der Waals surface area (Å²) < 4.78 is 0. The van der Waals surface area contributed by atoms with Crippen LogP contribution in [0.1, 0.15) is 25.8 Å². The fraction of sp³-hybridized carbons (Fsp3) is 0.308. The summed E-state index contributed by atoms with van der Waals surface area (Å²) in [5, 5.41) is 17.5. The molecule has 0 saturated heterocycles. The standard InChI is InChI=1S/C13H14N4O4/c1-7-5-12(19)15-16-13(7)9-3-4-10(14-8(2)18)11(6-9)17(20)21/h3-4,6-7H,5H2,1-2H3,(H,14,18)(H,15,19). The summed E-state index contributed by atoms with van der Waals surface area (Å²) in [5.74, 6) is -0.706. The third kappa shape index (κ3) is 3.22. The number of nitro benzene ring substituents is 1. The molecule has 0 saturated carbocycles. The maximum Gasteiger partial charge on any atom is 0.293 e. The Morgan fingerprint density at radius 2 is 2.24 bits per heavy atom. The number of amides is 2. The Morgan fingerprint density at radius 3 is 2.81 bits per heavy atom. The number of nitrogens with zero attached hydrogens (tertiary/aromatic N) is 2. The summed E-state index contributed by atoms with van der Waals surface area (Å²) in [7, 11) is 0. The highest BCUT2D eigenvalue weighted by Crippen LogP contribution is 2.28. The lowest BCUT2D eigenvalue weighted by Gasteiger charge is -2.19. The van der Waals surface area contributed by atoms with Crippen molar-refractivity contribution in [1.82, 2.24) is 5.43 Å². The van der Waals surface area contributed by atoms with Gasteiger partial charge in [-0.1, -0.05) is 13.0 Å². The Morgan fingerprint density at radius 1 is 1.52 bits per heavy atom. The molecule has 0 radical (unpaired) electrons. The highest BCUT2D eigenvalue weighted by atomic mass is 16.6. The zero-order valence-corrected chi connectivity index (χ0v) is 11.5. The molecular formula is C13H14N4O4. The van der Waals surface area contributed by atoms with Gasteiger partial charge in [0.2, 0.25) is 11.8 Å². The van der Waals surface area contributed by atoms with E-state index in [1.54, 1.807) is 6.07 Å². The molecule has 2 N–H and O–H groups in total. The molecule has 1 heterocycles. The van der Waals surface area contributed by atoms with E-state index in [0.717, 1.165) is 0 Å². The van der Waals surface area contributed by atoms with Crippen molar-refractivity contribution in [3.05, 3.63) is 33.9 Å². The van der Waals surface area contributed by atoms with Crippen LogP contribution in [0, 0.1) is 16.0 Å². The number of nitro groups is 1. The molecule has 1 aliphatic rings. The van der Waals surface area contributed by atoms with Gasteiger partial charge in [-0.2, -0.15) is 5.10 Å². The Bertz CT molecular complexity index is 654. The second-order valence-corrected chi connectivity index (χ2v) is 4.81. The first-order chi connectivity index (χ1) is 9.88. The van der Waals surface area contributed by atoms with Crippen molar-refractivity contribution in [3.63, 3.8) is 0 Å². The number of carbonyl (C=O) groups excluding carboxylic acids is 2. The second-order valence-electron chi connectivity index (χ2n) is 4.81. The van der Waals surface area contributed by atoms with Crippen LogP contribution in [0.5, 0.6) is 0 Å². The molecule has 0 aromatic heterocycles. The van der Waals surface area contributed by atoms with Gasteiger partial charge < -0.3 is 5.32 Å². The van der Waals surface area contributed by atoms with Gasteiger partial charge in [-0.25, -0.2) is 5.43 Å². The minimum atomic E-state index is -0.568. The monoisotopic (exact) mass is 290 g/mol. The molecule has 1 aromatic rings. The molecule has 8 heteroatoms. The maximum absolute atomic E-state index is 11.2. The van der Waals surface area contributed by atoms with Crippen LogP contribution in [0.25, 0.3) is 0 Å². The largest absolute Gasteiger partial charge is 0.321 e. The van der Waals surface area contributed by atoms with Crippen molar-refractivity contribution >= 4 is 28.9 Å². The van der Waals surface area contributed by atoms with Crippen molar-refractivity contribution < 1.29 is 14.5 Å². The van der Waals surface area contributed by atoms with E-state index in [-0.39, 0.29) is 35.5 Å². The number of hydrogen-bond donors (Lipinski definition) is 2. The van der Waals surface area contributed by atoms with Crippen LogP contribution in [0.15, 0.2) is 23.3 Å². The van der Waals surface area contributed by atoms with E-state index in [0.29, 0.717) is 11.3 Å². The van der Waals surface area contributed by atoms with Gasteiger partial charge in [0.05, 0.1) is 10.6 Å². The van der Waals surface area contributed by atoms with E-state index in [4.69, 9.17) is 0 Å². The van der Waals surface area contributed by atoms with E-state index in [1.165, 1.54) is 19.1 Å². The van der Waals surface area contributed by atoms with Gasteiger partial charge in [0.15, 0.2) is 0 Å². The summed E-state index contributed by atoms with van der Waals surface area (Å²) in [6.07, 6.45) is 0.278. The molecule has 8 nitrogen and oxygen atoms in total. The topological polar surface area (TPSA) is 114 Å². The SMILES string of the molecule is CC(=O)Nc1ccc(C2=NNC(=O)CC2C)cc1[N+](=O)[O-]. The van der Waals surface area contributed by atoms with Crippen LogP contribution >= 0.6 is 0 Å². The zero-order chi connectivity index (χ0) is 15.6. The molecule has 0 fully saturated rings. The lowest BCUT2D eigenvalue weighted by atomic mass is 9.93. The fourth-order valence-corrected chi connectivity index (χ4v) is 2.14. The molecular weight excluding hydrogens is 276 g/mol. The minimum absolute atomic E-state index is 0.129. The average molecular weight is 290 g/mol. The van der Waals surface area contributed by atoms with Gasteiger partial charge in [0, 0.05) is 30.9 Å². The van der Waals surface area contributed by atoms with Crippen molar-refractivity contribution in [2.24, 2.45) is 11.0 Å². The predicted octanol–water partition coefficient (Wildman–Crippen LogP) is 1.41.